The van der Waals surface area contributed by atoms with Crippen LogP contribution >= 0.6 is 0 Å². The molecule has 0 aliphatic carbocycles. The summed E-state index contributed by atoms with van der Waals surface area (Å²) in [7, 11) is 0. The van der Waals surface area contributed by atoms with Crippen LogP contribution in [0.2, 0.25) is 0 Å². The maximum Gasteiger partial charge on any atom is 0.135 e. The number of hydrogen-bond donors (Lipinski definition) is 0. The minimum absolute atomic E-state index is 0.459. The number of rotatable bonds is 4. The molecule has 0 amide bonds. The van der Waals surface area contributed by atoms with E-state index in [9.17, 15) is 0 Å². The van der Waals surface area contributed by atoms with Crippen LogP contribution in [0.25, 0.3) is 0 Å². The fourth-order valence-corrected chi connectivity index (χ4v) is 1.49. The zero-order valence-corrected chi connectivity index (χ0v) is 9.91. The second-order valence-corrected chi connectivity index (χ2v) is 4.38. The first kappa shape index (κ1) is 11.2. The van der Waals surface area contributed by atoms with Crippen molar-refractivity contribution in [3.8, 4) is 0 Å². The highest BCUT2D eigenvalue weighted by Crippen LogP contribution is 2.15. The predicted molar refractivity (Wildman–Crippen MR) is 58.3 cm³/mol. The van der Waals surface area contributed by atoms with E-state index in [1.54, 1.807) is 0 Å². The van der Waals surface area contributed by atoms with E-state index >= 15 is 0 Å². The second kappa shape index (κ2) is 4.58. The summed E-state index contributed by atoms with van der Waals surface area (Å²) in [5.74, 6) is 3.30. The van der Waals surface area contributed by atoms with Gasteiger partial charge in [-0.25, -0.2) is 0 Å². The second-order valence-electron chi connectivity index (χ2n) is 4.38. The molecule has 1 aromatic rings. The van der Waals surface area contributed by atoms with E-state index in [0.717, 1.165) is 18.2 Å². The number of nitrogens with zero attached hydrogens (tertiary/aromatic N) is 3. The molecule has 1 atom stereocenters. The third-order valence-electron chi connectivity index (χ3n) is 2.67. The first-order chi connectivity index (χ1) is 6.56. The summed E-state index contributed by atoms with van der Waals surface area (Å²) in [5, 5.41) is 8.35. The Kier molecular flexibility index (Phi) is 3.67. The molecule has 0 spiro atoms. The van der Waals surface area contributed by atoms with Crippen molar-refractivity contribution >= 4 is 0 Å². The standard InChI is InChI=1S/C11H21N3/c1-6-9(4)7-14-10(5)12-13-11(14)8(2)3/h8-9H,6-7H2,1-5H3. The largest absolute Gasteiger partial charge is 0.315 e. The molecule has 0 N–H and O–H groups in total. The average Bonchev–Trinajstić information content (AvgIpc) is 2.48. The molecule has 1 unspecified atom stereocenters. The fraction of sp³-hybridized carbons (Fsp3) is 0.818. The van der Waals surface area contributed by atoms with Crippen molar-refractivity contribution in [3.63, 3.8) is 0 Å². The van der Waals surface area contributed by atoms with Gasteiger partial charge in [0, 0.05) is 12.5 Å². The first-order valence-electron chi connectivity index (χ1n) is 5.45. The SMILES string of the molecule is CCC(C)Cn1c(C)nnc1C(C)C. The lowest BCUT2D eigenvalue weighted by atomic mass is 10.1. The van der Waals surface area contributed by atoms with Crippen LogP contribution in [-0.4, -0.2) is 14.8 Å². The Morgan fingerprint density at radius 1 is 1.21 bits per heavy atom. The lowest BCUT2D eigenvalue weighted by molar-refractivity contribution is 0.446. The highest BCUT2D eigenvalue weighted by molar-refractivity contribution is 4.98. The Morgan fingerprint density at radius 3 is 2.36 bits per heavy atom. The minimum atomic E-state index is 0.459. The molecule has 0 saturated heterocycles. The molecule has 1 aromatic heterocycles. The van der Waals surface area contributed by atoms with Crippen molar-refractivity contribution < 1.29 is 0 Å². The van der Waals surface area contributed by atoms with Gasteiger partial charge in [-0.3, -0.25) is 0 Å². The van der Waals surface area contributed by atoms with Gasteiger partial charge in [-0.1, -0.05) is 34.1 Å². The molecular formula is C11H21N3. The van der Waals surface area contributed by atoms with Gasteiger partial charge in [-0.05, 0) is 12.8 Å². The van der Waals surface area contributed by atoms with Crippen LogP contribution in [0.5, 0.6) is 0 Å². The van der Waals surface area contributed by atoms with E-state index in [1.807, 2.05) is 6.92 Å². The Labute approximate surface area is 86.5 Å². The van der Waals surface area contributed by atoms with Crippen molar-refractivity contribution in [1.29, 1.82) is 0 Å². The summed E-state index contributed by atoms with van der Waals surface area (Å²) in [6.07, 6.45) is 1.20. The van der Waals surface area contributed by atoms with Gasteiger partial charge in [-0.15, -0.1) is 10.2 Å². The highest BCUT2D eigenvalue weighted by Gasteiger charge is 2.13. The number of aromatic nitrogens is 3. The lowest BCUT2D eigenvalue weighted by Gasteiger charge is -2.14. The Balaban J connectivity index is 2.88. The fourth-order valence-electron chi connectivity index (χ4n) is 1.49. The molecule has 0 bridgehead atoms. The molecule has 0 aliphatic heterocycles. The van der Waals surface area contributed by atoms with Crippen molar-refractivity contribution in [1.82, 2.24) is 14.8 Å². The predicted octanol–water partition coefficient (Wildman–Crippen LogP) is 2.76. The summed E-state index contributed by atoms with van der Waals surface area (Å²) in [6, 6.07) is 0. The van der Waals surface area contributed by atoms with E-state index in [4.69, 9.17) is 0 Å². The molecule has 3 heteroatoms. The third-order valence-corrected chi connectivity index (χ3v) is 2.67. The molecule has 3 nitrogen and oxygen atoms in total. The molecule has 14 heavy (non-hydrogen) atoms. The molecule has 80 valence electrons. The van der Waals surface area contributed by atoms with Crippen LogP contribution in [0, 0.1) is 12.8 Å². The van der Waals surface area contributed by atoms with Crippen molar-refractivity contribution in [2.45, 2.75) is 53.5 Å². The Hall–Kier alpha value is -0.860. The first-order valence-corrected chi connectivity index (χ1v) is 5.45. The zero-order valence-electron chi connectivity index (χ0n) is 9.91. The van der Waals surface area contributed by atoms with Crippen LogP contribution in [0.15, 0.2) is 0 Å². The summed E-state index contributed by atoms with van der Waals surface area (Å²) < 4.78 is 2.25. The molecule has 0 saturated carbocycles. The van der Waals surface area contributed by atoms with Crippen LogP contribution in [0.4, 0.5) is 0 Å². The van der Waals surface area contributed by atoms with Crippen molar-refractivity contribution in [3.05, 3.63) is 11.6 Å². The quantitative estimate of drug-likeness (QED) is 0.739. The van der Waals surface area contributed by atoms with Gasteiger partial charge in [0.1, 0.15) is 11.6 Å². The van der Waals surface area contributed by atoms with Gasteiger partial charge >= 0.3 is 0 Å². The van der Waals surface area contributed by atoms with Crippen LogP contribution < -0.4 is 0 Å². The van der Waals surface area contributed by atoms with E-state index in [-0.39, 0.29) is 0 Å². The van der Waals surface area contributed by atoms with Gasteiger partial charge in [-0.2, -0.15) is 0 Å². The molecule has 1 rings (SSSR count). The molecule has 0 radical (unpaired) electrons. The normalized spacial score (nSPS) is 13.6. The summed E-state index contributed by atoms with van der Waals surface area (Å²) in [5.41, 5.74) is 0. The molecule has 1 heterocycles. The number of aryl methyl sites for hydroxylation is 1. The summed E-state index contributed by atoms with van der Waals surface area (Å²) in [6.45, 7) is 11.9. The Bertz CT molecular complexity index is 289. The van der Waals surface area contributed by atoms with Crippen LogP contribution in [0.1, 0.15) is 51.7 Å². The summed E-state index contributed by atoms with van der Waals surface area (Å²) >= 11 is 0. The van der Waals surface area contributed by atoms with Gasteiger partial charge < -0.3 is 4.57 Å². The zero-order chi connectivity index (χ0) is 10.7. The van der Waals surface area contributed by atoms with E-state index in [1.165, 1.54) is 6.42 Å². The maximum absolute atomic E-state index is 4.22. The molecule has 0 fully saturated rings. The minimum Gasteiger partial charge on any atom is -0.315 e. The van der Waals surface area contributed by atoms with Gasteiger partial charge in [0.15, 0.2) is 0 Å². The molecule has 0 aromatic carbocycles. The van der Waals surface area contributed by atoms with Crippen molar-refractivity contribution in [2.75, 3.05) is 0 Å². The van der Waals surface area contributed by atoms with E-state index < -0.39 is 0 Å². The lowest BCUT2D eigenvalue weighted by Crippen LogP contribution is -2.12. The summed E-state index contributed by atoms with van der Waals surface area (Å²) in [4.78, 5) is 0. The van der Waals surface area contributed by atoms with E-state index in [0.29, 0.717) is 11.8 Å². The van der Waals surface area contributed by atoms with Gasteiger partial charge in [0.25, 0.3) is 0 Å². The molecular weight excluding hydrogens is 174 g/mol. The Morgan fingerprint density at radius 2 is 1.86 bits per heavy atom. The van der Waals surface area contributed by atoms with Gasteiger partial charge in [0.2, 0.25) is 0 Å². The average molecular weight is 195 g/mol. The van der Waals surface area contributed by atoms with E-state index in [2.05, 4.69) is 42.5 Å². The van der Waals surface area contributed by atoms with Crippen LogP contribution in [0.3, 0.4) is 0 Å². The molecule has 0 aliphatic rings. The maximum atomic E-state index is 4.22. The smallest absolute Gasteiger partial charge is 0.135 e. The van der Waals surface area contributed by atoms with Gasteiger partial charge in [0.05, 0.1) is 0 Å². The van der Waals surface area contributed by atoms with Crippen LogP contribution in [-0.2, 0) is 6.54 Å². The number of hydrogen-bond acceptors (Lipinski definition) is 2. The monoisotopic (exact) mass is 195 g/mol. The highest BCUT2D eigenvalue weighted by atomic mass is 15.3. The topological polar surface area (TPSA) is 30.7 Å². The third kappa shape index (κ3) is 2.34. The van der Waals surface area contributed by atoms with Crippen molar-refractivity contribution in [2.24, 2.45) is 5.92 Å².